The molecule has 1 fully saturated rings. The summed E-state index contributed by atoms with van der Waals surface area (Å²) in [6.07, 6.45) is 0.906. The second-order valence-electron chi connectivity index (χ2n) is 5.01. The first-order valence-corrected chi connectivity index (χ1v) is 6.62. The van der Waals surface area contributed by atoms with Gasteiger partial charge in [0.05, 0.1) is 17.1 Å². The highest BCUT2D eigenvalue weighted by atomic mass is 16.1. The van der Waals surface area contributed by atoms with Crippen molar-refractivity contribution in [2.75, 3.05) is 18.4 Å². The highest BCUT2D eigenvalue weighted by Crippen LogP contribution is 2.22. The molecule has 1 atom stereocenters. The molecule has 0 saturated carbocycles. The molecule has 4 heteroatoms. The third kappa shape index (κ3) is 2.44. The summed E-state index contributed by atoms with van der Waals surface area (Å²) in [4.78, 5) is 16.7. The fraction of sp³-hybridized carbons (Fsp3) is 0.333. The maximum atomic E-state index is 12.2. The molecular weight excluding hydrogens is 238 g/mol. The van der Waals surface area contributed by atoms with Crippen molar-refractivity contribution in [2.24, 2.45) is 5.92 Å². The standard InChI is InChI=1S/C15H17N3O/c1-10-5-6-11-3-2-4-13(14(11)17-10)18-15(19)12-7-8-16-9-12/h2-6,12,16H,7-9H2,1H3,(H,18,19). The maximum absolute atomic E-state index is 12.2. The summed E-state index contributed by atoms with van der Waals surface area (Å²) in [7, 11) is 0. The van der Waals surface area contributed by atoms with E-state index in [2.05, 4.69) is 15.6 Å². The normalized spacial score (nSPS) is 18.7. The molecule has 1 saturated heterocycles. The number of aromatic nitrogens is 1. The van der Waals surface area contributed by atoms with Gasteiger partial charge in [-0.2, -0.15) is 0 Å². The van der Waals surface area contributed by atoms with Crippen LogP contribution in [0.4, 0.5) is 5.69 Å². The Bertz CT molecular complexity index is 618. The average molecular weight is 255 g/mol. The smallest absolute Gasteiger partial charge is 0.228 e. The molecule has 0 aliphatic carbocycles. The molecule has 4 nitrogen and oxygen atoms in total. The van der Waals surface area contributed by atoms with Crippen LogP contribution in [0, 0.1) is 12.8 Å². The molecule has 0 spiro atoms. The van der Waals surface area contributed by atoms with E-state index in [4.69, 9.17) is 0 Å². The predicted molar refractivity (Wildman–Crippen MR) is 76.1 cm³/mol. The summed E-state index contributed by atoms with van der Waals surface area (Å²) in [5.41, 5.74) is 2.62. The monoisotopic (exact) mass is 255 g/mol. The maximum Gasteiger partial charge on any atom is 0.228 e. The minimum Gasteiger partial charge on any atom is -0.324 e. The fourth-order valence-electron chi connectivity index (χ4n) is 2.46. The zero-order valence-electron chi connectivity index (χ0n) is 10.9. The first kappa shape index (κ1) is 12.1. The van der Waals surface area contributed by atoms with Crippen molar-refractivity contribution in [3.05, 3.63) is 36.0 Å². The van der Waals surface area contributed by atoms with E-state index in [1.807, 2.05) is 37.3 Å². The van der Waals surface area contributed by atoms with Gasteiger partial charge in [-0.3, -0.25) is 9.78 Å². The molecule has 0 radical (unpaired) electrons. The molecule has 0 bridgehead atoms. The second kappa shape index (κ2) is 4.97. The molecule has 2 heterocycles. The van der Waals surface area contributed by atoms with Crippen molar-refractivity contribution >= 4 is 22.5 Å². The van der Waals surface area contributed by atoms with E-state index in [0.29, 0.717) is 0 Å². The molecule has 1 aromatic heterocycles. The fourth-order valence-corrected chi connectivity index (χ4v) is 2.46. The molecule has 1 aliphatic heterocycles. The van der Waals surface area contributed by atoms with Gasteiger partial charge in [-0.1, -0.05) is 18.2 Å². The molecule has 1 aliphatic rings. The van der Waals surface area contributed by atoms with Gasteiger partial charge in [0.1, 0.15) is 0 Å². The van der Waals surface area contributed by atoms with E-state index < -0.39 is 0 Å². The van der Waals surface area contributed by atoms with Crippen LogP contribution in [0.2, 0.25) is 0 Å². The van der Waals surface area contributed by atoms with E-state index in [9.17, 15) is 4.79 Å². The number of para-hydroxylation sites is 1. The largest absolute Gasteiger partial charge is 0.324 e. The Morgan fingerprint density at radius 1 is 1.37 bits per heavy atom. The number of fused-ring (bicyclic) bond motifs is 1. The number of benzene rings is 1. The number of carbonyl (C=O) groups is 1. The number of hydrogen-bond acceptors (Lipinski definition) is 3. The third-order valence-electron chi connectivity index (χ3n) is 3.55. The summed E-state index contributed by atoms with van der Waals surface area (Å²) >= 11 is 0. The van der Waals surface area contributed by atoms with Gasteiger partial charge in [-0.15, -0.1) is 0 Å². The van der Waals surface area contributed by atoms with Gasteiger partial charge in [-0.25, -0.2) is 0 Å². The lowest BCUT2D eigenvalue weighted by Crippen LogP contribution is -2.24. The minimum atomic E-state index is 0.0695. The Balaban J connectivity index is 1.91. The number of nitrogens with one attached hydrogen (secondary N) is 2. The van der Waals surface area contributed by atoms with Crippen LogP contribution in [0.5, 0.6) is 0 Å². The molecule has 1 aromatic carbocycles. The lowest BCUT2D eigenvalue weighted by Gasteiger charge is -2.11. The zero-order valence-corrected chi connectivity index (χ0v) is 10.9. The Morgan fingerprint density at radius 2 is 2.26 bits per heavy atom. The summed E-state index contributed by atoms with van der Waals surface area (Å²) < 4.78 is 0. The van der Waals surface area contributed by atoms with E-state index >= 15 is 0 Å². The predicted octanol–water partition coefficient (Wildman–Crippen LogP) is 2.09. The lowest BCUT2D eigenvalue weighted by molar-refractivity contribution is -0.119. The topological polar surface area (TPSA) is 54.0 Å². The van der Waals surface area contributed by atoms with E-state index in [-0.39, 0.29) is 11.8 Å². The van der Waals surface area contributed by atoms with Crippen LogP contribution in [0.15, 0.2) is 30.3 Å². The Hall–Kier alpha value is -1.94. The van der Waals surface area contributed by atoms with Crippen LogP contribution >= 0.6 is 0 Å². The van der Waals surface area contributed by atoms with Crippen molar-refractivity contribution in [1.82, 2.24) is 10.3 Å². The second-order valence-corrected chi connectivity index (χ2v) is 5.01. The molecule has 2 aromatic rings. The van der Waals surface area contributed by atoms with Crippen LogP contribution < -0.4 is 10.6 Å². The minimum absolute atomic E-state index is 0.0695. The van der Waals surface area contributed by atoms with Crippen molar-refractivity contribution in [3.8, 4) is 0 Å². The highest BCUT2D eigenvalue weighted by Gasteiger charge is 2.22. The molecule has 3 rings (SSSR count). The average Bonchev–Trinajstić information content (AvgIpc) is 2.93. The number of hydrogen-bond donors (Lipinski definition) is 2. The van der Waals surface area contributed by atoms with Crippen molar-refractivity contribution < 1.29 is 4.79 Å². The van der Waals surface area contributed by atoms with Crippen molar-refractivity contribution in [1.29, 1.82) is 0 Å². The van der Waals surface area contributed by atoms with Crippen LogP contribution in [0.3, 0.4) is 0 Å². The van der Waals surface area contributed by atoms with Gasteiger partial charge >= 0.3 is 0 Å². The highest BCUT2D eigenvalue weighted by molar-refractivity contribution is 6.01. The first-order chi connectivity index (χ1) is 9.24. The van der Waals surface area contributed by atoms with Gasteiger partial charge in [0.15, 0.2) is 0 Å². The number of pyridine rings is 1. The van der Waals surface area contributed by atoms with Crippen LogP contribution in [-0.2, 0) is 4.79 Å². The quantitative estimate of drug-likeness (QED) is 0.864. The molecular formula is C15H17N3O. The number of rotatable bonds is 2. The lowest BCUT2D eigenvalue weighted by atomic mass is 10.1. The van der Waals surface area contributed by atoms with Gasteiger partial charge in [-0.05, 0) is 32.0 Å². The summed E-state index contributed by atoms with van der Waals surface area (Å²) in [6.45, 7) is 3.65. The zero-order chi connectivity index (χ0) is 13.2. The van der Waals surface area contributed by atoms with E-state index in [1.165, 1.54) is 0 Å². The molecule has 19 heavy (non-hydrogen) atoms. The van der Waals surface area contributed by atoms with E-state index in [1.54, 1.807) is 0 Å². The third-order valence-corrected chi connectivity index (χ3v) is 3.55. The molecule has 2 N–H and O–H groups in total. The van der Waals surface area contributed by atoms with Crippen LogP contribution in [0.25, 0.3) is 10.9 Å². The molecule has 1 amide bonds. The summed E-state index contributed by atoms with van der Waals surface area (Å²) in [6, 6.07) is 9.88. The summed E-state index contributed by atoms with van der Waals surface area (Å²) in [5, 5.41) is 7.27. The number of nitrogens with zero attached hydrogens (tertiary/aromatic N) is 1. The number of amides is 1. The van der Waals surface area contributed by atoms with Crippen LogP contribution in [0.1, 0.15) is 12.1 Å². The molecule has 98 valence electrons. The number of anilines is 1. The number of carbonyl (C=O) groups excluding carboxylic acids is 1. The Labute approximate surface area is 112 Å². The van der Waals surface area contributed by atoms with Crippen molar-refractivity contribution in [2.45, 2.75) is 13.3 Å². The summed E-state index contributed by atoms with van der Waals surface area (Å²) in [5.74, 6) is 0.154. The van der Waals surface area contributed by atoms with Crippen LogP contribution in [-0.4, -0.2) is 24.0 Å². The Morgan fingerprint density at radius 3 is 3.05 bits per heavy atom. The van der Waals surface area contributed by atoms with Crippen molar-refractivity contribution in [3.63, 3.8) is 0 Å². The van der Waals surface area contributed by atoms with Gasteiger partial charge in [0.25, 0.3) is 0 Å². The molecule has 1 unspecified atom stereocenters. The van der Waals surface area contributed by atoms with Gasteiger partial charge < -0.3 is 10.6 Å². The first-order valence-electron chi connectivity index (χ1n) is 6.62. The number of aryl methyl sites for hydroxylation is 1. The van der Waals surface area contributed by atoms with Gasteiger partial charge in [0.2, 0.25) is 5.91 Å². The Kier molecular flexibility index (Phi) is 3.17. The van der Waals surface area contributed by atoms with E-state index in [0.717, 1.165) is 41.8 Å². The SMILES string of the molecule is Cc1ccc2cccc(NC(=O)C3CCNC3)c2n1. The van der Waals surface area contributed by atoms with Gasteiger partial charge in [0, 0.05) is 17.6 Å².